The van der Waals surface area contributed by atoms with Crippen LogP contribution in [-0.4, -0.2) is 17.0 Å². The Morgan fingerprint density at radius 3 is 2.41 bits per heavy atom. The Bertz CT molecular complexity index is 967. The van der Waals surface area contributed by atoms with Gasteiger partial charge in [0.2, 0.25) is 5.69 Å². The summed E-state index contributed by atoms with van der Waals surface area (Å²) in [6.45, 7) is 11.4. The smallest absolute Gasteiger partial charge is 0.251 e. The lowest BCUT2D eigenvalue weighted by Crippen LogP contribution is -2.45. The number of hydrogen-bond donors (Lipinski definition) is 1. The molecule has 2 aliphatic rings. The van der Waals surface area contributed by atoms with E-state index >= 15 is 0 Å². The standard InChI is InChI=1S/C24H25ClN2O2/c1-16(2)17-4-6-18(7-5-17)22(28)27-23-10-12-24(15-23,13-11-23)29-19-8-9-21(26-3)20(25)14-19/h4-9,14,16H,10-13,15H2,1-2H3,(H,27,28). The molecule has 2 aromatic rings. The molecule has 4 nitrogen and oxygen atoms in total. The van der Waals surface area contributed by atoms with Gasteiger partial charge in [0.05, 0.1) is 11.6 Å². The maximum absolute atomic E-state index is 12.8. The zero-order valence-corrected chi connectivity index (χ0v) is 17.6. The molecule has 0 heterocycles. The molecular weight excluding hydrogens is 384 g/mol. The molecule has 2 aliphatic carbocycles. The minimum absolute atomic E-state index is 0.0116. The number of benzene rings is 2. The Kier molecular flexibility index (Phi) is 5.04. The van der Waals surface area contributed by atoms with Gasteiger partial charge in [0.25, 0.3) is 5.91 Å². The molecule has 0 atom stereocenters. The number of carbonyl (C=O) groups is 1. The lowest BCUT2D eigenvalue weighted by atomic mass is 9.92. The number of nitrogens with zero attached hydrogens (tertiary/aromatic N) is 1. The van der Waals surface area contributed by atoms with Crippen LogP contribution < -0.4 is 10.1 Å². The summed E-state index contributed by atoms with van der Waals surface area (Å²) in [5, 5.41) is 3.72. The summed E-state index contributed by atoms with van der Waals surface area (Å²) in [4.78, 5) is 16.2. The molecule has 1 N–H and O–H groups in total. The van der Waals surface area contributed by atoms with Gasteiger partial charge in [0.1, 0.15) is 11.4 Å². The van der Waals surface area contributed by atoms with Crippen molar-refractivity contribution in [3.63, 3.8) is 0 Å². The first kappa shape index (κ1) is 19.8. The minimum atomic E-state index is -0.266. The monoisotopic (exact) mass is 408 g/mol. The van der Waals surface area contributed by atoms with Gasteiger partial charge in [0, 0.05) is 17.5 Å². The van der Waals surface area contributed by atoms with Crippen molar-refractivity contribution in [2.45, 2.75) is 63.0 Å². The van der Waals surface area contributed by atoms with Crippen molar-refractivity contribution < 1.29 is 9.53 Å². The molecule has 0 aliphatic heterocycles. The fourth-order valence-electron chi connectivity index (χ4n) is 4.69. The predicted molar refractivity (Wildman–Crippen MR) is 115 cm³/mol. The van der Waals surface area contributed by atoms with Crippen LogP contribution in [0.1, 0.15) is 67.8 Å². The maximum Gasteiger partial charge on any atom is 0.251 e. The largest absolute Gasteiger partial charge is 0.487 e. The van der Waals surface area contributed by atoms with E-state index < -0.39 is 0 Å². The molecular formula is C24H25ClN2O2. The van der Waals surface area contributed by atoms with Crippen LogP contribution in [-0.2, 0) is 0 Å². The second-order valence-electron chi connectivity index (χ2n) is 8.70. The molecule has 0 radical (unpaired) electrons. The van der Waals surface area contributed by atoms with Crippen LogP contribution in [0.5, 0.6) is 5.75 Å². The quantitative estimate of drug-likeness (QED) is 0.591. The highest BCUT2D eigenvalue weighted by atomic mass is 35.5. The van der Waals surface area contributed by atoms with Crippen molar-refractivity contribution in [3.8, 4) is 5.75 Å². The molecule has 150 valence electrons. The van der Waals surface area contributed by atoms with Crippen molar-refractivity contribution in [2.24, 2.45) is 0 Å². The lowest BCUT2D eigenvalue weighted by Gasteiger charge is -2.29. The van der Waals surface area contributed by atoms with E-state index in [0.717, 1.165) is 32.1 Å². The predicted octanol–water partition coefficient (Wildman–Crippen LogP) is 6.28. The lowest BCUT2D eigenvalue weighted by molar-refractivity contribution is 0.0803. The molecule has 1 amide bonds. The Morgan fingerprint density at radius 1 is 1.14 bits per heavy atom. The number of nitrogens with one attached hydrogen (secondary N) is 1. The normalized spacial score (nSPS) is 25.1. The fraction of sp³-hybridized carbons (Fsp3) is 0.417. The number of halogens is 1. The molecule has 29 heavy (non-hydrogen) atoms. The van der Waals surface area contributed by atoms with Crippen molar-refractivity contribution >= 4 is 23.2 Å². The zero-order valence-electron chi connectivity index (χ0n) is 16.8. The number of carbonyl (C=O) groups excluding carboxylic acids is 1. The van der Waals surface area contributed by atoms with Gasteiger partial charge in [-0.1, -0.05) is 43.6 Å². The summed E-state index contributed by atoms with van der Waals surface area (Å²) < 4.78 is 6.35. The Hall–Kier alpha value is -2.51. The van der Waals surface area contributed by atoms with Gasteiger partial charge in [-0.2, -0.15) is 0 Å². The summed E-state index contributed by atoms with van der Waals surface area (Å²) in [5.74, 6) is 1.13. The van der Waals surface area contributed by atoms with Crippen LogP contribution in [0.25, 0.3) is 4.85 Å². The first-order valence-corrected chi connectivity index (χ1v) is 10.5. The maximum atomic E-state index is 12.8. The van der Waals surface area contributed by atoms with Crippen LogP contribution in [0.2, 0.25) is 5.02 Å². The Balaban J connectivity index is 1.44. The summed E-state index contributed by atoms with van der Waals surface area (Å²) in [6, 6.07) is 13.1. The van der Waals surface area contributed by atoms with Crippen LogP contribution in [0, 0.1) is 6.57 Å². The van der Waals surface area contributed by atoms with Gasteiger partial charge >= 0.3 is 0 Å². The van der Waals surface area contributed by atoms with Crippen molar-refractivity contribution in [3.05, 3.63) is 70.0 Å². The van der Waals surface area contributed by atoms with Gasteiger partial charge in [-0.25, -0.2) is 4.85 Å². The molecule has 2 saturated carbocycles. The molecule has 2 fully saturated rings. The Morgan fingerprint density at radius 2 is 1.83 bits per heavy atom. The molecule has 5 heteroatoms. The number of rotatable bonds is 5. The third-order valence-corrected chi connectivity index (χ3v) is 6.67. The van der Waals surface area contributed by atoms with Crippen molar-refractivity contribution in [1.82, 2.24) is 5.32 Å². The van der Waals surface area contributed by atoms with Crippen LogP contribution in [0.15, 0.2) is 42.5 Å². The first-order valence-electron chi connectivity index (χ1n) is 10.1. The summed E-state index contributed by atoms with van der Waals surface area (Å²) >= 11 is 6.16. The van der Waals surface area contributed by atoms with Gasteiger partial charge in [-0.3, -0.25) is 4.79 Å². The molecule has 2 bridgehead atoms. The van der Waals surface area contributed by atoms with Gasteiger partial charge in [0.15, 0.2) is 0 Å². The van der Waals surface area contributed by atoms with E-state index in [-0.39, 0.29) is 17.0 Å². The number of hydrogen-bond acceptors (Lipinski definition) is 2. The van der Waals surface area contributed by atoms with E-state index in [2.05, 4.69) is 24.0 Å². The fourth-order valence-corrected chi connectivity index (χ4v) is 4.90. The third-order valence-electron chi connectivity index (χ3n) is 6.37. The molecule has 0 spiro atoms. The van der Waals surface area contributed by atoms with Crippen LogP contribution in [0.4, 0.5) is 5.69 Å². The van der Waals surface area contributed by atoms with E-state index in [1.165, 1.54) is 5.56 Å². The van der Waals surface area contributed by atoms with E-state index in [4.69, 9.17) is 22.9 Å². The van der Waals surface area contributed by atoms with Gasteiger partial charge in [-0.15, -0.1) is 0 Å². The minimum Gasteiger partial charge on any atom is -0.487 e. The second kappa shape index (κ2) is 7.39. The van der Waals surface area contributed by atoms with Gasteiger partial charge in [-0.05, 0) is 61.4 Å². The number of amides is 1. The van der Waals surface area contributed by atoms with Crippen molar-refractivity contribution in [2.75, 3.05) is 0 Å². The third kappa shape index (κ3) is 3.84. The number of fused-ring (bicyclic) bond motifs is 2. The zero-order chi connectivity index (χ0) is 20.6. The highest BCUT2D eigenvalue weighted by Crippen LogP contribution is 2.53. The second-order valence-corrected chi connectivity index (χ2v) is 9.11. The summed E-state index contributed by atoms with van der Waals surface area (Å²) in [5.41, 5.74) is 1.90. The summed E-state index contributed by atoms with van der Waals surface area (Å²) in [6.07, 6.45) is 4.44. The van der Waals surface area contributed by atoms with Gasteiger partial charge < -0.3 is 10.1 Å². The van der Waals surface area contributed by atoms with E-state index in [1.807, 2.05) is 24.3 Å². The molecule has 0 unspecified atom stereocenters. The highest BCUT2D eigenvalue weighted by molar-refractivity contribution is 6.33. The summed E-state index contributed by atoms with van der Waals surface area (Å²) in [7, 11) is 0. The molecule has 2 aromatic carbocycles. The van der Waals surface area contributed by atoms with E-state index in [1.54, 1.807) is 18.2 Å². The van der Waals surface area contributed by atoms with E-state index in [0.29, 0.717) is 27.9 Å². The van der Waals surface area contributed by atoms with Crippen LogP contribution in [0.3, 0.4) is 0 Å². The molecule has 0 saturated heterocycles. The average molecular weight is 409 g/mol. The van der Waals surface area contributed by atoms with Crippen LogP contribution >= 0.6 is 11.6 Å². The molecule has 4 rings (SSSR count). The Labute approximate surface area is 177 Å². The first-order chi connectivity index (χ1) is 13.8. The SMILES string of the molecule is [C-]#[N+]c1ccc(OC23CCC(NC(=O)c4ccc(C(C)C)cc4)(CC2)C3)cc1Cl. The molecule has 0 aromatic heterocycles. The topological polar surface area (TPSA) is 42.7 Å². The average Bonchev–Trinajstić information content (AvgIpc) is 3.23. The number of ether oxygens (including phenoxy) is 1. The van der Waals surface area contributed by atoms with E-state index in [9.17, 15) is 4.79 Å². The highest BCUT2D eigenvalue weighted by Gasteiger charge is 2.56. The van der Waals surface area contributed by atoms with Crippen molar-refractivity contribution in [1.29, 1.82) is 0 Å².